The van der Waals surface area contributed by atoms with E-state index in [-0.39, 0.29) is 0 Å². The fraction of sp³-hybridized carbons (Fsp3) is 0.800. The number of likely N-dealkylation sites (tertiary alicyclic amines) is 1. The molecule has 1 aromatic heterocycles. The van der Waals surface area contributed by atoms with Crippen molar-refractivity contribution < 1.29 is 4.74 Å². The number of ether oxygens (including phenoxy) is 1. The number of nitrogens with zero attached hydrogens (tertiary/aromatic N) is 3. The van der Waals surface area contributed by atoms with Gasteiger partial charge in [-0.25, -0.2) is 0 Å². The third-order valence-electron chi connectivity index (χ3n) is 3.75. The Labute approximate surface area is 116 Å². The van der Waals surface area contributed by atoms with Crippen LogP contribution in [-0.4, -0.2) is 47.0 Å². The van der Waals surface area contributed by atoms with Crippen molar-refractivity contribution in [3.63, 3.8) is 0 Å². The lowest BCUT2D eigenvalue weighted by atomic mass is 10.1. The Morgan fingerprint density at radius 3 is 2.89 bits per heavy atom. The van der Waals surface area contributed by atoms with Crippen molar-refractivity contribution in [1.29, 1.82) is 0 Å². The molecule has 0 saturated carbocycles. The Bertz CT molecular complexity index is 389. The van der Waals surface area contributed by atoms with E-state index >= 15 is 0 Å². The van der Waals surface area contributed by atoms with Gasteiger partial charge in [0.25, 0.3) is 0 Å². The highest BCUT2D eigenvalue weighted by molar-refractivity contribution is 5.06. The Morgan fingerprint density at radius 2 is 2.21 bits per heavy atom. The van der Waals surface area contributed by atoms with Gasteiger partial charge in [-0.1, -0.05) is 6.92 Å². The molecule has 1 atom stereocenters. The molecule has 19 heavy (non-hydrogen) atoms. The van der Waals surface area contributed by atoms with E-state index in [0.29, 0.717) is 6.10 Å². The Balaban J connectivity index is 1.77. The third-order valence-corrected chi connectivity index (χ3v) is 3.75. The number of hydrogen-bond donors (Lipinski definition) is 0. The molecular weight excluding hydrogens is 238 g/mol. The summed E-state index contributed by atoms with van der Waals surface area (Å²) in [4.78, 5) is 2.51. The standard InChI is InChI=1S/C15H27N3O/c1-4-10-19-15-6-5-7-17(12-15)8-9-18-14(3)11-13(2)16-18/h11,15H,4-10,12H2,1-3H3. The molecule has 1 unspecified atom stereocenters. The van der Waals surface area contributed by atoms with Gasteiger partial charge in [-0.3, -0.25) is 9.58 Å². The van der Waals surface area contributed by atoms with Crippen LogP contribution in [0, 0.1) is 13.8 Å². The van der Waals surface area contributed by atoms with Crippen molar-refractivity contribution in [2.75, 3.05) is 26.2 Å². The lowest BCUT2D eigenvalue weighted by molar-refractivity contribution is -0.00101. The zero-order valence-corrected chi connectivity index (χ0v) is 12.6. The quantitative estimate of drug-likeness (QED) is 0.791. The van der Waals surface area contributed by atoms with Crippen molar-refractivity contribution in [1.82, 2.24) is 14.7 Å². The van der Waals surface area contributed by atoms with Gasteiger partial charge in [0.1, 0.15) is 0 Å². The predicted molar refractivity (Wildman–Crippen MR) is 77.4 cm³/mol. The van der Waals surface area contributed by atoms with Gasteiger partial charge in [0.2, 0.25) is 0 Å². The van der Waals surface area contributed by atoms with Crippen molar-refractivity contribution in [2.24, 2.45) is 0 Å². The largest absolute Gasteiger partial charge is 0.377 e. The van der Waals surface area contributed by atoms with E-state index in [9.17, 15) is 0 Å². The third kappa shape index (κ3) is 4.32. The summed E-state index contributed by atoms with van der Waals surface area (Å²) < 4.78 is 8.00. The number of piperidine rings is 1. The summed E-state index contributed by atoms with van der Waals surface area (Å²) >= 11 is 0. The number of rotatable bonds is 6. The van der Waals surface area contributed by atoms with E-state index in [0.717, 1.165) is 38.4 Å². The van der Waals surface area contributed by atoms with Crippen LogP contribution in [0.1, 0.15) is 37.6 Å². The van der Waals surface area contributed by atoms with Crippen molar-refractivity contribution >= 4 is 0 Å². The van der Waals surface area contributed by atoms with Gasteiger partial charge in [0.15, 0.2) is 0 Å². The van der Waals surface area contributed by atoms with E-state index in [1.54, 1.807) is 0 Å². The van der Waals surface area contributed by atoms with Gasteiger partial charge in [-0.05, 0) is 45.7 Å². The van der Waals surface area contributed by atoms with E-state index < -0.39 is 0 Å². The number of aromatic nitrogens is 2. The van der Waals surface area contributed by atoms with Crippen LogP contribution in [0.15, 0.2) is 6.07 Å². The lowest BCUT2D eigenvalue weighted by Gasteiger charge is -2.32. The molecule has 0 spiro atoms. The smallest absolute Gasteiger partial charge is 0.0702 e. The second-order valence-electron chi connectivity index (χ2n) is 5.59. The minimum atomic E-state index is 0.439. The van der Waals surface area contributed by atoms with Crippen LogP contribution in [0.5, 0.6) is 0 Å². The summed E-state index contributed by atoms with van der Waals surface area (Å²) in [7, 11) is 0. The fourth-order valence-corrected chi connectivity index (χ4v) is 2.77. The van der Waals surface area contributed by atoms with Crippen molar-refractivity contribution in [2.45, 2.75) is 52.7 Å². The van der Waals surface area contributed by atoms with Crippen LogP contribution in [0.3, 0.4) is 0 Å². The molecule has 0 radical (unpaired) electrons. The van der Waals surface area contributed by atoms with Crippen LogP contribution in [0.4, 0.5) is 0 Å². The van der Waals surface area contributed by atoms with Gasteiger partial charge in [-0.2, -0.15) is 5.10 Å². The van der Waals surface area contributed by atoms with Gasteiger partial charge in [0.05, 0.1) is 18.3 Å². The maximum Gasteiger partial charge on any atom is 0.0702 e. The fourth-order valence-electron chi connectivity index (χ4n) is 2.77. The Kier molecular flexibility index (Phi) is 5.40. The average Bonchev–Trinajstić information content (AvgIpc) is 2.73. The molecule has 108 valence electrons. The molecule has 1 aromatic rings. The summed E-state index contributed by atoms with van der Waals surface area (Å²) in [6.45, 7) is 11.6. The van der Waals surface area contributed by atoms with Crippen LogP contribution in [-0.2, 0) is 11.3 Å². The van der Waals surface area contributed by atoms with Crippen molar-refractivity contribution in [3.8, 4) is 0 Å². The minimum Gasteiger partial charge on any atom is -0.377 e. The highest BCUT2D eigenvalue weighted by atomic mass is 16.5. The Morgan fingerprint density at radius 1 is 1.37 bits per heavy atom. The second-order valence-corrected chi connectivity index (χ2v) is 5.59. The van der Waals surface area contributed by atoms with Crippen LogP contribution >= 0.6 is 0 Å². The van der Waals surface area contributed by atoms with Gasteiger partial charge < -0.3 is 4.74 Å². The van der Waals surface area contributed by atoms with Gasteiger partial charge in [-0.15, -0.1) is 0 Å². The summed E-state index contributed by atoms with van der Waals surface area (Å²) in [6.07, 6.45) is 4.03. The normalized spacial score (nSPS) is 20.9. The van der Waals surface area contributed by atoms with Crippen LogP contribution in [0.2, 0.25) is 0 Å². The topological polar surface area (TPSA) is 30.3 Å². The Hall–Kier alpha value is -0.870. The minimum absolute atomic E-state index is 0.439. The molecule has 0 bridgehead atoms. The molecule has 2 rings (SSSR count). The maximum atomic E-state index is 5.88. The lowest BCUT2D eigenvalue weighted by Crippen LogP contribution is -2.41. The molecule has 0 aromatic carbocycles. The maximum absolute atomic E-state index is 5.88. The number of hydrogen-bond acceptors (Lipinski definition) is 3. The SMILES string of the molecule is CCCOC1CCCN(CCn2nc(C)cc2C)C1. The highest BCUT2D eigenvalue weighted by Crippen LogP contribution is 2.13. The van der Waals surface area contributed by atoms with Crippen molar-refractivity contribution in [3.05, 3.63) is 17.5 Å². The molecule has 2 heterocycles. The summed E-state index contributed by atoms with van der Waals surface area (Å²) in [5.41, 5.74) is 2.37. The zero-order valence-electron chi connectivity index (χ0n) is 12.6. The molecule has 1 fully saturated rings. The van der Waals surface area contributed by atoms with Gasteiger partial charge >= 0.3 is 0 Å². The average molecular weight is 265 g/mol. The highest BCUT2D eigenvalue weighted by Gasteiger charge is 2.20. The summed E-state index contributed by atoms with van der Waals surface area (Å²) in [6, 6.07) is 2.14. The first-order chi connectivity index (χ1) is 9.19. The monoisotopic (exact) mass is 265 g/mol. The number of aryl methyl sites for hydroxylation is 2. The first-order valence-electron chi connectivity index (χ1n) is 7.54. The van der Waals surface area contributed by atoms with E-state index in [4.69, 9.17) is 4.74 Å². The molecule has 1 saturated heterocycles. The van der Waals surface area contributed by atoms with E-state index in [1.165, 1.54) is 25.1 Å². The molecule has 0 amide bonds. The summed E-state index contributed by atoms with van der Waals surface area (Å²) in [5.74, 6) is 0. The molecule has 1 aliphatic rings. The van der Waals surface area contributed by atoms with Gasteiger partial charge in [0, 0.05) is 25.4 Å². The molecule has 4 nitrogen and oxygen atoms in total. The zero-order chi connectivity index (χ0) is 13.7. The molecular formula is C15H27N3O. The van der Waals surface area contributed by atoms with Crippen LogP contribution < -0.4 is 0 Å². The first-order valence-corrected chi connectivity index (χ1v) is 7.54. The molecule has 1 aliphatic heterocycles. The first kappa shape index (κ1) is 14.5. The summed E-state index contributed by atoms with van der Waals surface area (Å²) in [5, 5.41) is 4.52. The molecule has 0 N–H and O–H groups in total. The van der Waals surface area contributed by atoms with E-state index in [1.807, 2.05) is 0 Å². The second kappa shape index (κ2) is 7.06. The molecule has 4 heteroatoms. The van der Waals surface area contributed by atoms with E-state index in [2.05, 4.69) is 41.5 Å². The van der Waals surface area contributed by atoms with Crippen LogP contribution in [0.25, 0.3) is 0 Å². The predicted octanol–water partition coefficient (Wildman–Crippen LogP) is 2.39. The molecule has 0 aliphatic carbocycles.